The van der Waals surface area contributed by atoms with Gasteiger partial charge in [0.05, 0.1) is 26.5 Å². The molecule has 0 radical (unpaired) electrons. The third-order valence-electron chi connectivity index (χ3n) is 3.96. The van der Waals surface area contributed by atoms with Gasteiger partial charge in [0.2, 0.25) is 0 Å². The van der Waals surface area contributed by atoms with Crippen LogP contribution >= 0.6 is 0 Å². The number of H-pyrrole nitrogens is 1. The van der Waals surface area contributed by atoms with Crippen LogP contribution in [0.1, 0.15) is 49.7 Å². The number of sulfonamides is 1. The Kier molecular flexibility index (Phi) is 7.63. The highest BCUT2D eigenvalue weighted by atomic mass is 32.2. The van der Waals surface area contributed by atoms with E-state index in [1.807, 2.05) is 13.8 Å². The number of rotatable bonds is 10. The number of benzene rings is 1. The van der Waals surface area contributed by atoms with Gasteiger partial charge in [0, 0.05) is 6.04 Å². The molecule has 0 amide bonds. The Morgan fingerprint density at radius 2 is 1.97 bits per heavy atom. The largest absolute Gasteiger partial charge is 0.493 e. The number of carbonyl (C=O) groups is 1. The molecule has 1 aromatic heterocycles. The molecule has 2 aromatic rings. The third kappa shape index (κ3) is 5.70. The summed E-state index contributed by atoms with van der Waals surface area (Å²) in [6.45, 7) is 8.05. The van der Waals surface area contributed by atoms with Gasteiger partial charge < -0.3 is 14.2 Å². The summed E-state index contributed by atoms with van der Waals surface area (Å²) in [7, 11) is -2.53. The lowest BCUT2D eigenvalue weighted by atomic mass is 10.1. The van der Waals surface area contributed by atoms with Crippen molar-refractivity contribution < 1.29 is 27.4 Å². The van der Waals surface area contributed by atoms with Crippen molar-refractivity contribution >= 4 is 16.0 Å². The van der Waals surface area contributed by atoms with Crippen molar-refractivity contribution in [1.82, 2.24) is 14.9 Å². The number of esters is 1. The van der Waals surface area contributed by atoms with Crippen LogP contribution in [0.2, 0.25) is 0 Å². The van der Waals surface area contributed by atoms with Crippen LogP contribution in [0.5, 0.6) is 11.5 Å². The van der Waals surface area contributed by atoms with Gasteiger partial charge in [0.25, 0.3) is 10.0 Å². The molecular weight excluding hydrogens is 398 g/mol. The van der Waals surface area contributed by atoms with Crippen LogP contribution in [0.3, 0.4) is 0 Å². The van der Waals surface area contributed by atoms with Crippen LogP contribution in [-0.2, 0) is 14.8 Å². The second-order valence-corrected chi connectivity index (χ2v) is 8.44. The summed E-state index contributed by atoms with van der Waals surface area (Å²) in [6, 6.07) is 4.60. The van der Waals surface area contributed by atoms with Crippen molar-refractivity contribution in [2.45, 2.75) is 38.8 Å². The first-order valence-corrected chi connectivity index (χ1v) is 10.7. The lowest BCUT2D eigenvalue weighted by Gasteiger charge is -2.17. The van der Waals surface area contributed by atoms with E-state index in [9.17, 15) is 13.2 Å². The average molecular weight is 426 g/mol. The second kappa shape index (κ2) is 9.75. The van der Waals surface area contributed by atoms with Gasteiger partial charge in [0.1, 0.15) is 5.56 Å². The Labute approximate surface area is 170 Å². The number of carbonyl (C=O) groups excluding carboxylic acids is 1. The fraction of sp³-hybridized carbons (Fsp3) is 0.474. The van der Waals surface area contributed by atoms with E-state index in [1.54, 1.807) is 32.0 Å². The van der Waals surface area contributed by atoms with Gasteiger partial charge in [0.15, 0.2) is 16.5 Å². The maximum absolute atomic E-state index is 12.8. The normalized spacial score (nSPS) is 12.6. The zero-order valence-electron chi connectivity index (χ0n) is 17.2. The fourth-order valence-corrected chi connectivity index (χ4v) is 3.84. The molecule has 160 valence electrons. The molecule has 0 unspecified atom stereocenters. The number of nitrogens with zero attached hydrogens (tertiary/aromatic N) is 1. The molecule has 2 N–H and O–H groups in total. The van der Waals surface area contributed by atoms with E-state index < -0.39 is 22.0 Å². The number of aromatic nitrogens is 2. The average Bonchev–Trinajstić information content (AvgIpc) is 3.17. The fourth-order valence-electron chi connectivity index (χ4n) is 2.52. The van der Waals surface area contributed by atoms with Gasteiger partial charge in [-0.2, -0.15) is 5.10 Å². The first-order valence-electron chi connectivity index (χ1n) is 9.23. The first-order chi connectivity index (χ1) is 13.7. The van der Waals surface area contributed by atoms with Crippen LogP contribution in [0.25, 0.3) is 0 Å². The summed E-state index contributed by atoms with van der Waals surface area (Å²) >= 11 is 0. The SMILES string of the molecule is CCOC(=O)c1cn[nH]c1S(=O)(=O)N[C@@H](C)c1ccc(OCC(C)C)c(OC)c1. The molecule has 1 heterocycles. The third-order valence-corrected chi connectivity index (χ3v) is 5.47. The number of hydrogen-bond donors (Lipinski definition) is 2. The minimum atomic E-state index is -4.05. The topological polar surface area (TPSA) is 120 Å². The molecule has 0 saturated heterocycles. The summed E-state index contributed by atoms with van der Waals surface area (Å²) in [5, 5.41) is 5.68. The molecule has 2 rings (SSSR count). The van der Waals surface area contributed by atoms with Crippen molar-refractivity contribution in [2.75, 3.05) is 20.3 Å². The highest BCUT2D eigenvalue weighted by molar-refractivity contribution is 7.89. The quantitative estimate of drug-likeness (QED) is 0.562. The van der Waals surface area contributed by atoms with Crippen LogP contribution in [0, 0.1) is 5.92 Å². The Balaban J connectivity index is 2.22. The van der Waals surface area contributed by atoms with Gasteiger partial charge in [-0.15, -0.1) is 0 Å². The van der Waals surface area contributed by atoms with E-state index in [0.29, 0.717) is 29.6 Å². The van der Waals surface area contributed by atoms with E-state index in [0.717, 1.165) is 6.20 Å². The second-order valence-electron chi connectivity index (χ2n) is 6.79. The smallest absolute Gasteiger partial charge is 0.342 e. The molecule has 1 atom stereocenters. The predicted octanol–water partition coefficient (Wildman–Crippen LogP) is 2.67. The first kappa shape index (κ1) is 22.7. The van der Waals surface area contributed by atoms with Crippen LogP contribution < -0.4 is 14.2 Å². The Hall–Kier alpha value is -2.59. The van der Waals surface area contributed by atoms with Crippen molar-refractivity contribution in [3.63, 3.8) is 0 Å². The van der Waals surface area contributed by atoms with E-state index in [-0.39, 0.29) is 17.2 Å². The molecule has 0 saturated carbocycles. The molecule has 0 fully saturated rings. The molecule has 9 nitrogen and oxygen atoms in total. The number of hydrogen-bond acceptors (Lipinski definition) is 7. The van der Waals surface area contributed by atoms with E-state index in [2.05, 4.69) is 14.9 Å². The van der Waals surface area contributed by atoms with Gasteiger partial charge in [-0.1, -0.05) is 19.9 Å². The molecule has 0 aliphatic carbocycles. The number of aromatic amines is 1. The Bertz CT molecular complexity index is 939. The minimum absolute atomic E-state index is 0.123. The molecule has 1 aromatic carbocycles. The van der Waals surface area contributed by atoms with Gasteiger partial charge in [-0.05, 0) is 37.5 Å². The number of nitrogens with one attached hydrogen (secondary N) is 2. The van der Waals surface area contributed by atoms with E-state index in [4.69, 9.17) is 14.2 Å². The molecule has 10 heteroatoms. The Morgan fingerprint density at radius 3 is 2.59 bits per heavy atom. The van der Waals surface area contributed by atoms with Crippen LogP contribution in [0.15, 0.2) is 29.4 Å². The molecule has 29 heavy (non-hydrogen) atoms. The summed E-state index contributed by atoms with van der Waals surface area (Å²) in [6.07, 6.45) is 1.13. The standard InChI is InChI=1S/C19H27N3O6S/c1-6-27-19(23)15-10-20-21-18(15)29(24,25)22-13(4)14-7-8-16(17(9-14)26-5)28-11-12(2)3/h7-10,12-13,22H,6,11H2,1-5H3,(H,20,21)/t13-/m0/s1. The molecule has 0 spiro atoms. The minimum Gasteiger partial charge on any atom is -0.493 e. The van der Waals surface area contributed by atoms with Crippen molar-refractivity contribution in [2.24, 2.45) is 5.92 Å². The molecular formula is C19H27N3O6S. The number of ether oxygens (including phenoxy) is 3. The van der Waals surface area contributed by atoms with Crippen molar-refractivity contribution in [1.29, 1.82) is 0 Å². The highest BCUT2D eigenvalue weighted by Crippen LogP contribution is 2.31. The highest BCUT2D eigenvalue weighted by Gasteiger charge is 2.28. The van der Waals surface area contributed by atoms with Crippen LogP contribution in [0.4, 0.5) is 0 Å². The predicted molar refractivity (Wildman–Crippen MR) is 107 cm³/mol. The van der Waals surface area contributed by atoms with Crippen molar-refractivity contribution in [3.05, 3.63) is 35.5 Å². The van der Waals surface area contributed by atoms with Gasteiger partial charge >= 0.3 is 5.97 Å². The lowest BCUT2D eigenvalue weighted by Crippen LogP contribution is -2.28. The van der Waals surface area contributed by atoms with E-state index in [1.165, 1.54) is 7.11 Å². The molecule has 0 bridgehead atoms. The zero-order valence-corrected chi connectivity index (χ0v) is 18.0. The zero-order chi connectivity index (χ0) is 21.6. The van der Waals surface area contributed by atoms with Crippen molar-refractivity contribution in [3.8, 4) is 11.5 Å². The lowest BCUT2D eigenvalue weighted by molar-refractivity contribution is 0.0521. The monoisotopic (exact) mass is 425 g/mol. The van der Waals surface area contributed by atoms with Crippen LogP contribution in [-0.4, -0.2) is 44.9 Å². The maximum Gasteiger partial charge on any atom is 0.342 e. The summed E-state index contributed by atoms with van der Waals surface area (Å²) in [5.74, 6) is 0.678. The maximum atomic E-state index is 12.8. The Morgan fingerprint density at radius 1 is 1.24 bits per heavy atom. The summed E-state index contributed by atoms with van der Waals surface area (Å²) < 4.78 is 44.0. The van der Waals surface area contributed by atoms with Gasteiger partial charge in [-0.3, -0.25) is 5.10 Å². The molecule has 0 aliphatic rings. The molecule has 0 aliphatic heterocycles. The van der Waals surface area contributed by atoms with Gasteiger partial charge in [-0.25, -0.2) is 17.9 Å². The summed E-state index contributed by atoms with van der Waals surface area (Å²) in [4.78, 5) is 12.0. The number of methoxy groups -OCH3 is 1. The summed E-state index contributed by atoms with van der Waals surface area (Å²) in [5.41, 5.74) is 0.515. The van der Waals surface area contributed by atoms with E-state index >= 15 is 0 Å².